The average Bonchev–Trinajstić information content (AvgIpc) is 2.82. The summed E-state index contributed by atoms with van der Waals surface area (Å²) < 4.78 is 0. The van der Waals surface area contributed by atoms with Crippen LogP contribution in [0.2, 0.25) is 0 Å². The molecule has 20 heavy (non-hydrogen) atoms. The number of carbonyl (C=O) groups excluding carboxylic acids is 1. The standard InChI is InChI=1S/C13H22N4O2S/c1-16-4-2-11(3-5-16)17(6-7-18)12(19)8-10-9-20-13(14)15-10/h9,11,18H,2-8H2,1H3,(H2,14,15). The summed E-state index contributed by atoms with van der Waals surface area (Å²) in [6.45, 7) is 2.37. The normalized spacial score (nSPS) is 17.3. The van der Waals surface area contributed by atoms with E-state index in [1.165, 1.54) is 11.3 Å². The molecular formula is C13H22N4O2S. The van der Waals surface area contributed by atoms with E-state index >= 15 is 0 Å². The first kappa shape index (κ1) is 15.2. The SMILES string of the molecule is CN1CCC(N(CCO)C(=O)Cc2csc(N)n2)CC1. The molecular weight excluding hydrogens is 276 g/mol. The van der Waals surface area contributed by atoms with Crippen molar-refractivity contribution in [3.8, 4) is 0 Å². The van der Waals surface area contributed by atoms with Crippen LogP contribution in [0.5, 0.6) is 0 Å². The Kier molecular flexibility index (Phi) is 5.33. The third-order valence-corrected chi connectivity index (χ3v) is 4.41. The minimum Gasteiger partial charge on any atom is -0.395 e. The highest BCUT2D eigenvalue weighted by Gasteiger charge is 2.26. The first-order chi connectivity index (χ1) is 9.60. The summed E-state index contributed by atoms with van der Waals surface area (Å²) in [6.07, 6.45) is 2.18. The highest BCUT2D eigenvalue weighted by molar-refractivity contribution is 7.13. The van der Waals surface area contributed by atoms with E-state index in [-0.39, 0.29) is 25.0 Å². The molecule has 1 aliphatic rings. The van der Waals surface area contributed by atoms with Gasteiger partial charge in [-0.3, -0.25) is 4.79 Å². The lowest BCUT2D eigenvalue weighted by Gasteiger charge is -2.37. The number of nitrogen functional groups attached to an aromatic ring is 1. The van der Waals surface area contributed by atoms with Gasteiger partial charge in [0.2, 0.25) is 5.91 Å². The second-order valence-corrected chi connectivity index (χ2v) is 6.09. The summed E-state index contributed by atoms with van der Waals surface area (Å²) in [5.41, 5.74) is 6.30. The Bertz CT molecular complexity index is 443. The molecule has 0 spiro atoms. The van der Waals surface area contributed by atoms with Crippen molar-refractivity contribution in [1.29, 1.82) is 0 Å². The Hall–Kier alpha value is -1.18. The molecule has 1 aliphatic heterocycles. The fraction of sp³-hybridized carbons (Fsp3) is 0.692. The van der Waals surface area contributed by atoms with Crippen LogP contribution in [0.25, 0.3) is 0 Å². The van der Waals surface area contributed by atoms with Crippen LogP contribution in [0.15, 0.2) is 5.38 Å². The van der Waals surface area contributed by atoms with E-state index in [0.717, 1.165) is 25.9 Å². The fourth-order valence-electron chi connectivity index (χ4n) is 2.59. The van der Waals surface area contributed by atoms with Gasteiger partial charge in [0.25, 0.3) is 0 Å². The number of aliphatic hydroxyl groups is 1. The van der Waals surface area contributed by atoms with Crippen LogP contribution in [0, 0.1) is 0 Å². The lowest BCUT2D eigenvalue weighted by molar-refractivity contribution is -0.134. The van der Waals surface area contributed by atoms with E-state index in [1.807, 2.05) is 10.3 Å². The molecule has 1 amide bonds. The number of hydrogen-bond donors (Lipinski definition) is 2. The van der Waals surface area contributed by atoms with E-state index in [4.69, 9.17) is 5.73 Å². The maximum absolute atomic E-state index is 12.4. The first-order valence-corrected chi connectivity index (χ1v) is 7.77. The van der Waals surface area contributed by atoms with Crippen LogP contribution in [-0.2, 0) is 11.2 Å². The number of rotatable bonds is 5. The zero-order chi connectivity index (χ0) is 14.5. The molecule has 0 unspecified atom stereocenters. The Labute approximate surface area is 123 Å². The molecule has 0 atom stereocenters. The molecule has 1 fully saturated rings. The number of nitrogens with zero attached hydrogens (tertiary/aromatic N) is 3. The van der Waals surface area contributed by atoms with Crippen molar-refractivity contribution in [2.24, 2.45) is 0 Å². The summed E-state index contributed by atoms with van der Waals surface area (Å²) in [7, 11) is 2.09. The van der Waals surface area contributed by atoms with Gasteiger partial charge in [-0.2, -0.15) is 0 Å². The van der Waals surface area contributed by atoms with Crippen molar-refractivity contribution >= 4 is 22.4 Å². The van der Waals surface area contributed by atoms with Gasteiger partial charge in [-0.05, 0) is 33.0 Å². The summed E-state index contributed by atoms with van der Waals surface area (Å²) in [5, 5.41) is 11.5. The van der Waals surface area contributed by atoms with E-state index in [9.17, 15) is 9.90 Å². The number of nitrogens with two attached hydrogens (primary N) is 1. The molecule has 7 heteroatoms. The van der Waals surface area contributed by atoms with Gasteiger partial charge in [-0.1, -0.05) is 0 Å². The molecule has 0 saturated carbocycles. The van der Waals surface area contributed by atoms with E-state index < -0.39 is 0 Å². The van der Waals surface area contributed by atoms with Gasteiger partial charge in [0.1, 0.15) is 0 Å². The van der Waals surface area contributed by atoms with Crippen LogP contribution in [-0.4, -0.2) is 65.1 Å². The first-order valence-electron chi connectivity index (χ1n) is 6.89. The number of likely N-dealkylation sites (tertiary alicyclic amines) is 1. The van der Waals surface area contributed by atoms with Gasteiger partial charge >= 0.3 is 0 Å². The molecule has 0 bridgehead atoms. The predicted octanol–water partition coefficient (Wildman–Crippen LogP) is 0.183. The number of aromatic nitrogens is 1. The van der Waals surface area contributed by atoms with E-state index in [1.54, 1.807) is 0 Å². The maximum Gasteiger partial charge on any atom is 0.228 e. The molecule has 0 aromatic carbocycles. The molecule has 112 valence electrons. The highest BCUT2D eigenvalue weighted by atomic mass is 32.1. The van der Waals surface area contributed by atoms with E-state index in [0.29, 0.717) is 17.4 Å². The lowest BCUT2D eigenvalue weighted by atomic mass is 10.0. The van der Waals surface area contributed by atoms with Gasteiger partial charge in [0, 0.05) is 18.0 Å². The topological polar surface area (TPSA) is 82.7 Å². The Morgan fingerprint density at radius 2 is 2.30 bits per heavy atom. The van der Waals surface area contributed by atoms with Crippen molar-refractivity contribution in [1.82, 2.24) is 14.8 Å². The van der Waals surface area contributed by atoms with Crippen LogP contribution in [0.3, 0.4) is 0 Å². The molecule has 3 N–H and O–H groups in total. The minimum absolute atomic E-state index is 0.00269. The predicted molar refractivity (Wildman–Crippen MR) is 79.5 cm³/mol. The third-order valence-electron chi connectivity index (χ3n) is 3.69. The Morgan fingerprint density at radius 3 is 2.85 bits per heavy atom. The van der Waals surface area contributed by atoms with Crippen molar-refractivity contribution in [2.75, 3.05) is 39.0 Å². The number of carbonyl (C=O) groups is 1. The molecule has 2 rings (SSSR count). The number of amides is 1. The van der Waals surface area contributed by atoms with Gasteiger partial charge in [0.15, 0.2) is 5.13 Å². The van der Waals surface area contributed by atoms with Gasteiger partial charge in [0.05, 0.1) is 18.7 Å². The minimum atomic E-state index is -0.00269. The number of piperidine rings is 1. The number of aliphatic hydroxyl groups excluding tert-OH is 1. The summed E-state index contributed by atoms with van der Waals surface area (Å²) in [6, 6.07) is 0.224. The summed E-state index contributed by atoms with van der Waals surface area (Å²) in [5.74, 6) is 0.0268. The number of thiazole rings is 1. The summed E-state index contributed by atoms with van der Waals surface area (Å²) >= 11 is 1.35. The van der Waals surface area contributed by atoms with Crippen LogP contribution in [0.1, 0.15) is 18.5 Å². The molecule has 0 aliphatic carbocycles. The molecule has 1 aromatic rings. The van der Waals surface area contributed by atoms with Crippen molar-refractivity contribution in [3.05, 3.63) is 11.1 Å². The Balaban J connectivity index is 1.98. The zero-order valence-electron chi connectivity index (χ0n) is 11.8. The quantitative estimate of drug-likeness (QED) is 0.810. The largest absolute Gasteiger partial charge is 0.395 e. The maximum atomic E-state index is 12.4. The highest BCUT2D eigenvalue weighted by Crippen LogP contribution is 2.18. The van der Waals surface area contributed by atoms with Crippen molar-refractivity contribution in [3.63, 3.8) is 0 Å². The van der Waals surface area contributed by atoms with Crippen LogP contribution in [0.4, 0.5) is 5.13 Å². The van der Waals surface area contributed by atoms with E-state index in [2.05, 4.69) is 16.9 Å². The van der Waals surface area contributed by atoms with Gasteiger partial charge < -0.3 is 20.6 Å². The molecule has 6 nitrogen and oxygen atoms in total. The monoisotopic (exact) mass is 298 g/mol. The van der Waals surface area contributed by atoms with Gasteiger partial charge in [-0.15, -0.1) is 11.3 Å². The number of hydrogen-bond acceptors (Lipinski definition) is 6. The second kappa shape index (κ2) is 7.01. The third kappa shape index (κ3) is 3.91. The summed E-state index contributed by atoms with van der Waals surface area (Å²) in [4.78, 5) is 20.6. The fourth-order valence-corrected chi connectivity index (χ4v) is 3.15. The molecule has 2 heterocycles. The molecule has 1 saturated heterocycles. The number of anilines is 1. The molecule has 1 aromatic heterocycles. The van der Waals surface area contributed by atoms with Gasteiger partial charge in [-0.25, -0.2) is 4.98 Å². The van der Waals surface area contributed by atoms with Crippen LogP contribution < -0.4 is 5.73 Å². The zero-order valence-corrected chi connectivity index (χ0v) is 12.6. The lowest BCUT2D eigenvalue weighted by Crippen LogP contribution is -2.48. The molecule has 0 radical (unpaired) electrons. The van der Waals surface area contributed by atoms with Crippen molar-refractivity contribution < 1.29 is 9.90 Å². The Morgan fingerprint density at radius 1 is 1.60 bits per heavy atom. The second-order valence-electron chi connectivity index (χ2n) is 5.20. The van der Waals surface area contributed by atoms with Crippen LogP contribution >= 0.6 is 11.3 Å². The van der Waals surface area contributed by atoms with Crippen molar-refractivity contribution in [2.45, 2.75) is 25.3 Å². The smallest absolute Gasteiger partial charge is 0.228 e. The average molecular weight is 298 g/mol.